The molecule has 0 spiro atoms. The van der Waals surface area contributed by atoms with E-state index in [1.54, 1.807) is 31.4 Å². The fourth-order valence-electron chi connectivity index (χ4n) is 4.16. The second-order valence-corrected chi connectivity index (χ2v) is 9.56. The van der Waals surface area contributed by atoms with Gasteiger partial charge >= 0.3 is 0 Å². The zero-order chi connectivity index (χ0) is 21.2. The van der Waals surface area contributed by atoms with Crippen LogP contribution in [0.2, 0.25) is 0 Å². The van der Waals surface area contributed by atoms with Crippen molar-refractivity contribution in [3.63, 3.8) is 0 Å². The van der Waals surface area contributed by atoms with Gasteiger partial charge in [0.2, 0.25) is 15.7 Å². The van der Waals surface area contributed by atoms with E-state index < -0.39 is 9.84 Å². The van der Waals surface area contributed by atoms with Gasteiger partial charge in [0.25, 0.3) is 0 Å². The van der Waals surface area contributed by atoms with Crippen molar-refractivity contribution in [2.45, 2.75) is 75.1 Å². The highest BCUT2D eigenvalue weighted by molar-refractivity contribution is 7.91. The van der Waals surface area contributed by atoms with Crippen LogP contribution in [0, 0.1) is 13.8 Å². The molecule has 0 aliphatic heterocycles. The molecule has 1 aliphatic rings. The highest BCUT2D eigenvalue weighted by Gasteiger charge is 2.33. The molecule has 0 bridgehead atoms. The van der Waals surface area contributed by atoms with Crippen molar-refractivity contribution in [3.8, 4) is 5.75 Å². The molecule has 0 atom stereocenters. The van der Waals surface area contributed by atoms with Gasteiger partial charge in [-0.3, -0.25) is 4.79 Å². The van der Waals surface area contributed by atoms with Crippen molar-refractivity contribution in [2.75, 3.05) is 12.4 Å². The van der Waals surface area contributed by atoms with Gasteiger partial charge in [0.15, 0.2) is 0 Å². The number of aromatic nitrogens is 1. The summed E-state index contributed by atoms with van der Waals surface area (Å²) in [7, 11) is -2.27. The molecular formula is C22H30N2O4S. The number of rotatable bonds is 7. The molecule has 2 aromatic rings. The summed E-state index contributed by atoms with van der Waals surface area (Å²) < 4.78 is 34.4. The van der Waals surface area contributed by atoms with Gasteiger partial charge in [-0.1, -0.05) is 19.8 Å². The first-order valence-corrected chi connectivity index (χ1v) is 11.7. The fraction of sp³-hybridized carbons (Fsp3) is 0.500. The van der Waals surface area contributed by atoms with E-state index in [9.17, 15) is 13.2 Å². The van der Waals surface area contributed by atoms with Gasteiger partial charge in [-0.2, -0.15) is 0 Å². The summed E-state index contributed by atoms with van der Waals surface area (Å²) in [4.78, 5) is 12.9. The lowest BCUT2D eigenvalue weighted by atomic mass is 10.2. The lowest BCUT2D eigenvalue weighted by Gasteiger charge is -2.20. The molecule has 7 heteroatoms. The molecule has 1 aromatic heterocycles. The van der Waals surface area contributed by atoms with Crippen LogP contribution >= 0.6 is 0 Å². The van der Waals surface area contributed by atoms with Crippen LogP contribution in [0.4, 0.5) is 5.82 Å². The predicted molar refractivity (Wildman–Crippen MR) is 113 cm³/mol. The van der Waals surface area contributed by atoms with Gasteiger partial charge in [-0.15, -0.1) is 0 Å². The molecule has 1 N–H and O–H groups in total. The molecule has 29 heavy (non-hydrogen) atoms. The number of benzene rings is 1. The Kier molecular flexibility index (Phi) is 6.36. The zero-order valence-electron chi connectivity index (χ0n) is 17.6. The van der Waals surface area contributed by atoms with E-state index in [-0.39, 0.29) is 21.7 Å². The predicted octanol–water partition coefficient (Wildman–Crippen LogP) is 4.80. The highest BCUT2D eigenvalue weighted by atomic mass is 32.2. The van der Waals surface area contributed by atoms with Crippen molar-refractivity contribution < 1.29 is 17.9 Å². The Labute approximate surface area is 173 Å². The van der Waals surface area contributed by atoms with Crippen molar-refractivity contribution in [1.82, 2.24) is 4.57 Å². The summed E-state index contributed by atoms with van der Waals surface area (Å²) in [5.41, 5.74) is 1.59. The van der Waals surface area contributed by atoms with Gasteiger partial charge in [0.05, 0.1) is 12.0 Å². The summed E-state index contributed by atoms with van der Waals surface area (Å²) in [5.74, 6) is 0.855. The third kappa shape index (κ3) is 4.06. The number of nitrogens with zero attached hydrogens (tertiary/aromatic N) is 1. The van der Waals surface area contributed by atoms with Gasteiger partial charge in [-0.05, 0) is 62.9 Å². The third-order valence-electron chi connectivity index (χ3n) is 5.76. The van der Waals surface area contributed by atoms with Crippen LogP contribution in [0.1, 0.15) is 62.7 Å². The van der Waals surface area contributed by atoms with E-state index >= 15 is 0 Å². The summed E-state index contributed by atoms with van der Waals surface area (Å²) >= 11 is 0. The lowest BCUT2D eigenvalue weighted by molar-refractivity contribution is -0.116. The first kappa shape index (κ1) is 21.4. The van der Waals surface area contributed by atoms with Crippen LogP contribution in [-0.4, -0.2) is 26.0 Å². The van der Waals surface area contributed by atoms with Gasteiger partial charge in [0.1, 0.15) is 16.5 Å². The van der Waals surface area contributed by atoms with Gasteiger partial charge in [0, 0.05) is 18.2 Å². The van der Waals surface area contributed by atoms with Crippen molar-refractivity contribution in [1.29, 1.82) is 0 Å². The SMILES string of the molecule is CCCC(=O)Nc1c(S(=O)(=O)c2ccc(OC)cc2)c(C)c(C)n1C1CCCC1. The number of hydrogen-bond acceptors (Lipinski definition) is 4. The van der Waals surface area contributed by atoms with E-state index in [4.69, 9.17) is 4.74 Å². The molecule has 1 saturated carbocycles. The largest absolute Gasteiger partial charge is 0.497 e. The summed E-state index contributed by atoms with van der Waals surface area (Å²) in [5, 5.41) is 2.94. The highest BCUT2D eigenvalue weighted by Crippen LogP contribution is 2.41. The van der Waals surface area contributed by atoms with E-state index in [0.29, 0.717) is 30.0 Å². The van der Waals surface area contributed by atoms with Crippen LogP contribution in [0.25, 0.3) is 0 Å². The number of hydrogen-bond donors (Lipinski definition) is 1. The fourth-order valence-corrected chi connectivity index (χ4v) is 5.84. The number of methoxy groups -OCH3 is 1. The maximum atomic E-state index is 13.6. The molecule has 0 saturated heterocycles. The normalized spacial score (nSPS) is 14.9. The topological polar surface area (TPSA) is 77.4 Å². The van der Waals surface area contributed by atoms with Gasteiger partial charge < -0.3 is 14.6 Å². The van der Waals surface area contributed by atoms with Crippen LogP contribution in [-0.2, 0) is 14.6 Å². The number of nitrogens with one attached hydrogen (secondary N) is 1. The maximum Gasteiger partial charge on any atom is 0.225 e. The number of carbonyl (C=O) groups excluding carboxylic acids is 1. The van der Waals surface area contributed by atoms with Crippen LogP contribution in [0.5, 0.6) is 5.75 Å². The van der Waals surface area contributed by atoms with Crippen molar-refractivity contribution in [2.24, 2.45) is 0 Å². The van der Waals surface area contributed by atoms with Crippen LogP contribution < -0.4 is 10.1 Å². The summed E-state index contributed by atoms with van der Waals surface area (Å²) in [6.07, 6.45) is 5.28. The number of carbonyl (C=O) groups is 1. The molecule has 1 amide bonds. The molecule has 1 heterocycles. The van der Waals surface area contributed by atoms with E-state index in [1.807, 2.05) is 25.3 Å². The Morgan fingerprint density at radius 1 is 1.17 bits per heavy atom. The minimum Gasteiger partial charge on any atom is -0.497 e. The second-order valence-electron chi connectivity index (χ2n) is 7.67. The average molecular weight is 419 g/mol. The first-order valence-electron chi connectivity index (χ1n) is 10.2. The monoisotopic (exact) mass is 418 g/mol. The minimum absolute atomic E-state index is 0.157. The molecule has 1 fully saturated rings. The smallest absolute Gasteiger partial charge is 0.225 e. The van der Waals surface area contributed by atoms with Crippen LogP contribution in [0.3, 0.4) is 0 Å². The molecule has 6 nitrogen and oxygen atoms in total. The first-order chi connectivity index (χ1) is 13.8. The molecule has 0 unspecified atom stereocenters. The molecule has 3 rings (SSSR count). The molecular weight excluding hydrogens is 388 g/mol. The van der Waals surface area contributed by atoms with E-state index in [1.165, 1.54) is 0 Å². The Morgan fingerprint density at radius 2 is 1.79 bits per heavy atom. The molecule has 1 aromatic carbocycles. The number of sulfone groups is 1. The Balaban J connectivity index is 2.17. The third-order valence-corrected chi connectivity index (χ3v) is 7.69. The lowest BCUT2D eigenvalue weighted by Crippen LogP contribution is -2.19. The summed E-state index contributed by atoms with van der Waals surface area (Å²) in [6, 6.07) is 6.59. The van der Waals surface area contributed by atoms with E-state index in [0.717, 1.165) is 31.4 Å². The summed E-state index contributed by atoms with van der Waals surface area (Å²) in [6.45, 7) is 5.70. The quantitative estimate of drug-likeness (QED) is 0.701. The number of amides is 1. The Hall–Kier alpha value is -2.28. The van der Waals surface area contributed by atoms with Crippen molar-refractivity contribution >= 4 is 21.6 Å². The Morgan fingerprint density at radius 3 is 2.34 bits per heavy atom. The Bertz CT molecular complexity index is 985. The average Bonchev–Trinajstić information content (AvgIpc) is 3.29. The zero-order valence-corrected chi connectivity index (χ0v) is 18.4. The number of ether oxygens (including phenoxy) is 1. The van der Waals surface area contributed by atoms with Crippen LogP contribution in [0.15, 0.2) is 34.1 Å². The minimum atomic E-state index is -3.81. The second kappa shape index (κ2) is 8.61. The van der Waals surface area contributed by atoms with E-state index in [2.05, 4.69) is 5.32 Å². The molecule has 1 aliphatic carbocycles. The standard InChI is InChI=1S/C22H30N2O4S/c1-5-8-20(25)23-22-21(15(2)16(3)24(22)17-9-6-7-10-17)29(26,27)19-13-11-18(28-4)12-14-19/h11-14,17H,5-10H2,1-4H3,(H,23,25). The number of anilines is 1. The maximum absolute atomic E-state index is 13.6. The van der Waals surface area contributed by atoms with Crippen molar-refractivity contribution in [3.05, 3.63) is 35.5 Å². The molecule has 0 radical (unpaired) electrons. The van der Waals surface area contributed by atoms with Gasteiger partial charge in [-0.25, -0.2) is 8.42 Å². The molecule has 158 valence electrons.